The molecule has 0 radical (unpaired) electrons. The van der Waals surface area contributed by atoms with Crippen LogP contribution in [0.1, 0.15) is 40.7 Å². The molecule has 1 aliphatic rings. The number of nitrogens with zero attached hydrogens (tertiary/aromatic N) is 1. The Kier molecular flexibility index (Phi) is 4.44. The third kappa shape index (κ3) is 2.94. The molecule has 1 heterocycles. The van der Waals surface area contributed by atoms with Gasteiger partial charge in [0.2, 0.25) is 0 Å². The van der Waals surface area contributed by atoms with Crippen LogP contribution in [0.3, 0.4) is 0 Å². The maximum absolute atomic E-state index is 12.6. The SMILES string of the molecule is Cc1cc(C)cc(C(=O)N2CCCCC2CBr)c1. The lowest BCUT2D eigenvalue weighted by Crippen LogP contribution is -2.44. The lowest BCUT2D eigenvalue weighted by Gasteiger charge is -2.35. The summed E-state index contributed by atoms with van der Waals surface area (Å²) >= 11 is 3.53. The zero-order valence-corrected chi connectivity index (χ0v) is 12.7. The van der Waals surface area contributed by atoms with Crippen LogP contribution in [0.25, 0.3) is 0 Å². The molecule has 1 saturated heterocycles. The standard InChI is InChI=1S/C15H20BrNO/c1-11-7-12(2)9-13(8-11)15(18)17-6-4-3-5-14(17)10-16/h7-9,14H,3-6,10H2,1-2H3. The van der Waals surface area contributed by atoms with Crippen LogP contribution >= 0.6 is 15.9 Å². The van der Waals surface area contributed by atoms with Gasteiger partial charge in [0.1, 0.15) is 0 Å². The average molecular weight is 310 g/mol. The van der Waals surface area contributed by atoms with Crippen LogP contribution in [-0.2, 0) is 0 Å². The van der Waals surface area contributed by atoms with Crippen LogP contribution in [0, 0.1) is 13.8 Å². The first-order valence-corrected chi connectivity index (χ1v) is 7.69. The van der Waals surface area contributed by atoms with Gasteiger partial charge in [0.25, 0.3) is 5.91 Å². The third-order valence-corrected chi connectivity index (χ3v) is 4.28. The van der Waals surface area contributed by atoms with E-state index in [1.165, 1.54) is 6.42 Å². The minimum atomic E-state index is 0.186. The molecule has 1 amide bonds. The van der Waals surface area contributed by atoms with Gasteiger partial charge in [0.05, 0.1) is 0 Å². The molecule has 0 aliphatic carbocycles. The summed E-state index contributed by atoms with van der Waals surface area (Å²) in [6, 6.07) is 6.45. The molecule has 2 nitrogen and oxygen atoms in total. The maximum Gasteiger partial charge on any atom is 0.254 e. The van der Waals surface area contributed by atoms with Gasteiger partial charge in [-0.3, -0.25) is 4.79 Å². The van der Waals surface area contributed by atoms with E-state index in [-0.39, 0.29) is 5.91 Å². The number of likely N-dealkylation sites (tertiary alicyclic amines) is 1. The van der Waals surface area contributed by atoms with Crippen molar-refractivity contribution >= 4 is 21.8 Å². The van der Waals surface area contributed by atoms with Gasteiger partial charge in [-0.2, -0.15) is 0 Å². The zero-order valence-electron chi connectivity index (χ0n) is 11.1. The number of hydrogen-bond donors (Lipinski definition) is 0. The van der Waals surface area contributed by atoms with Crippen molar-refractivity contribution < 1.29 is 4.79 Å². The van der Waals surface area contributed by atoms with E-state index in [0.717, 1.165) is 41.4 Å². The molecule has 0 bridgehead atoms. The van der Waals surface area contributed by atoms with E-state index < -0.39 is 0 Å². The molecule has 1 atom stereocenters. The number of amides is 1. The van der Waals surface area contributed by atoms with Gasteiger partial charge in [-0.05, 0) is 45.2 Å². The van der Waals surface area contributed by atoms with E-state index in [1.807, 2.05) is 30.9 Å². The Hall–Kier alpha value is -0.830. The minimum absolute atomic E-state index is 0.186. The lowest BCUT2D eigenvalue weighted by atomic mass is 10.0. The number of alkyl halides is 1. The molecule has 0 aromatic heterocycles. The minimum Gasteiger partial charge on any atom is -0.335 e. The van der Waals surface area contributed by atoms with Crippen LogP contribution in [-0.4, -0.2) is 28.7 Å². The summed E-state index contributed by atoms with van der Waals surface area (Å²) in [7, 11) is 0. The number of piperidine rings is 1. The molecular formula is C15H20BrNO. The summed E-state index contributed by atoms with van der Waals surface area (Å²) in [4.78, 5) is 14.6. The molecule has 18 heavy (non-hydrogen) atoms. The van der Waals surface area contributed by atoms with E-state index >= 15 is 0 Å². The second-order valence-corrected chi connectivity index (χ2v) is 5.83. The van der Waals surface area contributed by atoms with E-state index in [1.54, 1.807) is 0 Å². The summed E-state index contributed by atoms with van der Waals surface area (Å²) in [5.41, 5.74) is 3.15. The van der Waals surface area contributed by atoms with Crippen LogP contribution in [0.15, 0.2) is 18.2 Å². The molecule has 1 aromatic carbocycles. The molecule has 1 fully saturated rings. The number of halogens is 1. The molecule has 1 unspecified atom stereocenters. The Morgan fingerprint density at radius 2 is 1.94 bits per heavy atom. The molecule has 2 rings (SSSR count). The van der Waals surface area contributed by atoms with Crippen LogP contribution in [0.5, 0.6) is 0 Å². The van der Waals surface area contributed by atoms with Gasteiger partial charge in [-0.1, -0.05) is 33.1 Å². The first-order chi connectivity index (χ1) is 8.61. The number of rotatable bonds is 2. The fourth-order valence-electron chi connectivity index (χ4n) is 2.69. The van der Waals surface area contributed by atoms with Crippen molar-refractivity contribution in [1.29, 1.82) is 0 Å². The smallest absolute Gasteiger partial charge is 0.254 e. The highest BCUT2D eigenvalue weighted by atomic mass is 79.9. The van der Waals surface area contributed by atoms with E-state index in [4.69, 9.17) is 0 Å². The maximum atomic E-state index is 12.6. The first-order valence-electron chi connectivity index (χ1n) is 6.57. The molecule has 1 aromatic rings. The molecular weight excluding hydrogens is 290 g/mol. The largest absolute Gasteiger partial charge is 0.335 e. The summed E-state index contributed by atoms with van der Waals surface area (Å²) in [5, 5.41) is 0.879. The summed E-state index contributed by atoms with van der Waals surface area (Å²) < 4.78 is 0. The van der Waals surface area contributed by atoms with Crippen molar-refractivity contribution in [3.8, 4) is 0 Å². The van der Waals surface area contributed by atoms with Crippen molar-refractivity contribution in [2.45, 2.75) is 39.2 Å². The van der Waals surface area contributed by atoms with Crippen molar-refractivity contribution in [2.75, 3.05) is 11.9 Å². The highest BCUT2D eigenvalue weighted by Crippen LogP contribution is 2.22. The highest BCUT2D eigenvalue weighted by Gasteiger charge is 2.26. The fraction of sp³-hybridized carbons (Fsp3) is 0.533. The number of carbonyl (C=O) groups excluding carboxylic acids is 1. The van der Waals surface area contributed by atoms with Crippen LogP contribution < -0.4 is 0 Å². The van der Waals surface area contributed by atoms with Crippen molar-refractivity contribution in [1.82, 2.24) is 4.90 Å². The van der Waals surface area contributed by atoms with Gasteiger partial charge in [-0.15, -0.1) is 0 Å². The molecule has 1 aliphatic heterocycles. The van der Waals surface area contributed by atoms with E-state index in [2.05, 4.69) is 22.0 Å². The topological polar surface area (TPSA) is 20.3 Å². The molecule has 0 saturated carbocycles. The number of hydrogen-bond acceptors (Lipinski definition) is 1. The van der Waals surface area contributed by atoms with E-state index in [0.29, 0.717) is 6.04 Å². The Labute approximate surface area is 117 Å². The van der Waals surface area contributed by atoms with Gasteiger partial charge in [-0.25, -0.2) is 0 Å². The second-order valence-electron chi connectivity index (χ2n) is 5.18. The summed E-state index contributed by atoms with van der Waals surface area (Å²) in [6.45, 7) is 4.98. The number of benzene rings is 1. The first kappa shape index (κ1) is 13.6. The van der Waals surface area contributed by atoms with Gasteiger partial charge >= 0.3 is 0 Å². The third-order valence-electron chi connectivity index (χ3n) is 3.53. The summed E-state index contributed by atoms with van der Waals surface area (Å²) in [6.07, 6.45) is 3.47. The normalized spacial score (nSPS) is 19.9. The summed E-state index contributed by atoms with van der Waals surface area (Å²) in [5.74, 6) is 0.186. The van der Waals surface area contributed by atoms with Crippen LogP contribution in [0.2, 0.25) is 0 Å². The van der Waals surface area contributed by atoms with E-state index in [9.17, 15) is 4.79 Å². The Morgan fingerprint density at radius 1 is 1.28 bits per heavy atom. The van der Waals surface area contributed by atoms with Gasteiger partial charge < -0.3 is 4.90 Å². The van der Waals surface area contributed by atoms with Crippen LogP contribution in [0.4, 0.5) is 0 Å². The van der Waals surface area contributed by atoms with Crippen molar-refractivity contribution in [3.05, 3.63) is 34.9 Å². The Balaban J connectivity index is 2.23. The molecule has 0 spiro atoms. The average Bonchev–Trinajstić information content (AvgIpc) is 2.36. The highest BCUT2D eigenvalue weighted by molar-refractivity contribution is 9.09. The van der Waals surface area contributed by atoms with Crippen molar-refractivity contribution in [2.24, 2.45) is 0 Å². The second kappa shape index (κ2) is 5.87. The Bertz CT molecular complexity index is 424. The quantitative estimate of drug-likeness (QED) is 0.763. The lowest BCUT2D eigenvalue weighted by molar-refractivity contribution is 0.0641. The zero-order chi connectivity index (χ0) is 13.1. The predicted molar refractivity (Wildman–Crippen MR) is 78.4 cm³/mol. The molecule has 98 valence electrons. The monoisotopic (exact) mass is 309 g/mol. The van der Waals surface area contributed by atoms with Gasteiger partial charge in [0, 0.05) is 23.5 Å². The van der Waals surface area contributed by atoms with Gasteiger partial charge in [0.15, 0.2) is 0 Å². The molecule has 0 N–H and O–H groups in total. The fourth-order valence-corrected chi connectivity index (χ4v) is 3.37. The predicted octanol–water partition coefficient (Wildman–Crippen LogP) is 3.69. The Morgan fingerprint density at radius 3 is 2.56 bits per heavy atom. The number of carbonyl (C=O) groups is 1. The number of aryl methyl sites for hydroxylation is 2. The molecule has 3 heteroatoms. The van der Waals surface area contributed by atoms with Crippen molar-refractivity contribution in [3.63, 3.8) is 0 Å².